The van der Waals surface area contributed by atoms with Gasteiger partial charge in [-0.1, -0.05) is 31.8 Å². The van der Waals surface area contributed by atoms with Crippen LogP contribution in [-0.4, -0.2) is 32.7 Å². The average molecular weight is 359 g/mol. The number of anilines is 1. The molecule has 0 aliphatic heterocycles. The van der Waals surface area contributed by atoms with E-state index in [1.165, 1.54) is 19.9 Å². The highest BCUT2D eigenvalue weighted by molar-refractivity contribution is 6.79. The maximum Gasteiger partial charge on any atom is 0.377 e. The summed E-state index contributed by atoms with van der Waals surface area (Å²) in [7, 11) is -1.82. The Morgan fingerprint density at radius 2 is 1.88 bits per heavy atom. The molecule has 0 aromatic heterocycles. The molecule has 8 heteroatoms. The number of carbonyl (C=O) groups excluding carboxylic acids is 2. The first-order chi connectivity index (χ1) is 11.0. The molecule has 1 aromatic carbocycles. The Labute approximate surface area is 141 Å². The lowest BCUT2D eigenvalue weighted by atomic mass is 10.0. The minimum atomic E-state index is -3.71. The van der Waals surface area contributed by atoms with Gasteiger partial charge in [-0.25, -0.2) is 4.79 Å². The van der Waals surface area contributed by atoms with Gasteiger partial charge in [-0.2, -0.15) is 8.78 Å². The van der Waals surface area contributed by atoms with Crippen LogP contribution in [0.3, 0.4) is 0 Å². The molecular formula is C16H23F2NO4Si. The predicted octanol–water partition coefficient (Wildman–Crippen LogP) is 3.60. The van der Waals surface area contributed by atoms with Crippen LogP contribution in [0, 0.1) is 0 Å². The molecule has 1 N–H and O–H groups in total. The Morgan fingerprint density at radius 3 is 2.38 bits per heavy atom. The van der Waals surface area contributed by atoms with Crippen LogP contribution in [0.2, 0.25) is 19.6 Å². The van der Waals surface area contributed by atoms with Gasteiger partial charge in [0.25, 0.3) is 0 Å². The van der Waals surface area contributed by atoms with E-state index in [-0.39, 0.29) is 17.9 Å². The first-order valence-electron chi connectivity index (χ1n) is 7.60. The zero-order chi connectivity index (χ0) is 18.5. The van der Waals surface area contributed by atoms with Gasteiger partial charge in [0.2, 0.25) is 0 Å². The van der Waals surface area contributed by atoms with Crippen LogP contribution in [0.15, 0.2) is 18.2 Å². The molecule has 0 saturated heterocycles. The first-order valence-corrected chi connectivity index (χ1v) is 11.1. The number of ether oxygens (including phenoxy) is 2. The van der Waals surface area contributed by atoms with Gasteiger partial charge in [-0.3, -0.25) is 4.79 Å². The molecule has 0 amide bonds. The summed E-state index contributed by atoms with van der Waals surface area (Å²) >= 11 is 0. The summed E-state index contributed by atoms with van der Waals surface area (Å²) in [6.07, 6.45) is -0.907. The van der Waals surface area contributed by atoms with Crippen molar-refractivity contribution in [2.24, 2.45) is 0 Å². The van der Waals surface area contributed by atoms with E-state index in [2.05, 4.69) is 9.72 Å². The van der Waals surface area contributed by atoms with Gasteiger partial charge in [0.05, 0.1) is 18.7 Å². The smallest absolute Gasteiger partial charge is 0.377 e. The molecular weight excluding hydrogens is 336 g/mol. The van der Waals surface area contributed by atoms with Gasteiger partial charge in [0, 0.05) is 12.5 Å². The molecule has 1 rings (SSSR count). The lowest BCUT2D eigenvalue weighted by Crippen LogP contribution is -2.34. The molecule has 1 aromatic rings. The molecule has 0 saturated carbocycles. The van der Waals surface area contributed by atoms with Crippen molar-refractivity contribution in [2.75, 3.05) is 11.6 Å². The van der Waals surface area contributed by atoms with Crippen molar-refractivity contribution < 1.29 is 27.8 Å². The monoisotopic (exact) mass is 359 g/mol. The summed E-state index contributed by atoms with van der Waals surface area (Å²) in [6.45, 7) is 8.57. The van der Waals surface area contributed by atoms with Crippen LogP contribution in [0.25, 0.3) is 0 Å². The molecule has 5 nitrogen and oxygen atoms in total. The van der Waals surface area contributed by atoms with Crippen LogP contribution >= 0.6 is 0 Å². The summed E-state index contributed by atoms with van der Waals surface area (Å²) < 4.78 is 37.6. The lowest BCUT2D eigenvalue weighted by Gasteiger charge is -2.24. The minimum absolute atomic E-state index is 0.0244. The number of para-hydroxylation sites is 1. The number of hydrogen-bond donors (Lipinski definition) is 1. The highest BCUT2D eigenvalue weighted by Gasteiger charge is 2.41. The van der Waals surface area contributed by atoms with Gasteiger partial charge >= 0.3 is 17.9 Å². The molecule has 0 aliphatic rings. The van der Waals surface area contributed by atoms with E-state index in [4.69, 9.17) is 4.74 Å². The largest absolute Gasteiger partial charge is 0.462 e. The van der Waals surface area contributed by atoms with Gasteiger partial charge in [-0.05, 0) is 13.0 Å². The number of alkyl halides is 2. The van der Waals surface area contributed by atoms with Crippen molar-refractivity contribution in [1.29, 1.82) is 0 Å². The van der Waals surface area contributed by atoms with E-state index in [9.17, 15) is 18.4 Å². The molecule has 0 bridgehead atoms. The molecule has 0 fully saturated rings. The van der Waals surface area contributed by atoms with Crippen LogP contribution in [0.5, 0.6) is 5.75 Å². The quantitative estimate of drug-likeness (QED) is 0.458. The molecule has 24 heavy (non-hydrogen) atoms. The summed E-state index contributed by atoms with van der Waals surface area (Å²) in [5, 5.41) is 0. The summed E-state index contributed by atoms with van der Waals surface area (Å²) in [5.74, 6) is -5.90. The number of benzene rings is 1. The Bertz CT molecular complexity index is 615. The fourth-order valence-electron chi connectivity index (χ4n) is 2.04. The summed E-state index contributed by atoms with van der Waals surface area (Å²) in [6, 6.07) is 4.63. The Kier molecular flexibility index (Phi) is 6.48. The molecule has 0 atom stereocenters. The maximum absolute atomic E-state index is 14.1. The molecule has 134 valence electrons. The van der Waals surface area contributed by atoms with Gasteiger partial charge < -0.3 is 14.5 Å². The zero-order valence-corrected chi connectivity index (χ0v) is 15.5. The number of hydrogen-bond acceptors (Lipinski definition) is 5. The molecule has 0 aliphatic carbocycles. The summed E-state index contributed by atoms with van der Waals surface area (Å²) in [5.41, 5.74) is 0.521. The molecule has 0 radical (unpaired) electrons. The van der Waals surface area contributed by atoms with E-state index in [0.29, 0.717) is 5.69 Å². The highest BCUT2D eigenvalue weighted by Crippen LogP contribution is 2.34. The summed E-state index contributed by atoms with van der Waals surface area (Å²) in [4.78, 5) is 26.0. The van der Waals surface area contributed by atoms with E-state index in [1.807, 2.05) is 19.6 Å². The number of esters is 2. The number of rotatable bonds is 7. The number of halogens is 2. The molecule has 0 heterocycles. The van der Waals surface area contributed by atoms with Gasteiger partial charge in [0.15, 0.2) is 5.75 Å². The van der Waals surface area contributed by atoms with Crippen LogP contribution < -0.4 is 9.72 Å². The number of carbonyl (C=O) groups is 2. The van der Waals surface area contributed by atoms with Crippen LogP contribution in [-0.2, 0) is 20.7 Å². The lowest BCUT2D eigenvalue weighted by molar-refractivity contribution is -0.171. The fourth-order valence-corrected chi connectivity index (χ4v) is 3.04. The fraction of sp³-hybridized carbons (Fsp3) is 0.500. The van der Waals surface area contributed by atoms with Crippen LogP contribution in [0.4, 0.5) is 14.5 Å². The molecule has 0 unspecified atom stereocenters. The first kappa shape index (κ1) is 20.1. The van der Waals surface area contributed by atoms with Crippen molar-refractivity contribution >= 4 is 25.9 Å². The highest BCUT2D eigenvalue weighted by atomic mass is 28.3. The van der Waals surface area contributed by atoms with Crippen molar-refractivity contribution in [1.82, 2.24) is 0 Å². The van der Waals surface area contributed by atoms with E-state index >= 15 is 0 Å². The Hall–Kier alpha value is -1.96. The van der Waals surface area contributed by atoms with Gasteiger partial charge in [-0.15, -0.1) is 0 Å². The topological polar surface area (TPSA) is 64.6 Å². The average Bonchev–Trinajstić information content (AvgIpc) is 2.40. The zero-order valence-electron chi connectivity index (χ0n) is 14.5. The predicted molar refractivity (Wildman–Crippen MR) is 90.0 cm³/mol. The minimum Gasteiger partial charge on any atom is -0.462 e. The van der Waals surface area contributed by atoms with E-state index in [1.54, 1.807) is 12.1 Å². The normalized spacial score (nSPS) is 11.8. The van der Waals surface area contributed by atoms with E-state index in [0.717, 1.165) is 0 Å². The third-order valence-corrected chi connectivity index (χ3v) is 3.86. The van der Waals surface area contributed by atoms with E-state index < -0.39 is 32.5 Å². The van der Waals surface area contributed by atoms with Crippen molar-refractivity contribution in [2.45, 2.75) is 45.8 Å². The Balaban J connectivity index is 3.24. The second-order valence-corrected chi connectivity index (χ2v) is 11.1. The van der Waals surface area contributed by atoms with Gasteiger partial charge in [0.1, 0.15) is 8.24 Å². The third kappa shape index (κ3) is 5.92. The van der Waals surface area contributed by atoms with Crippen molar-refractivity contribution in [3.8, 4) is 5.75 Å². The second kappa shape index (κ2) is 7.74. The van der Waals surface area contributed by atoms with Crippen molar-refractivity contribution in [3.63, 3.8) is 0 Å². The SMILES string of the molecule is CCOC(=O)C(F)(F)Cc1cccc(N[Si](C)(C)C)c1OC(C)=O. The standard InChI is InChI=1S/C16H23F2NO4Si/c1-6-22-15(21)16(17,18)10-12-8-7-9-13(19-24(3,4)5)14(12)23-11(2)20/h7-9,19H,6,10H2,1-5H3. The molecule has 0 spiro atoms. The van der Waals surface area contributed by atoms with Crippen LogP contribution in [0.1, 0.15) is 19.4 Å². The van der Waals surface area contributed by atoms with Crippen molar-refractivity contribution in [3.05, 3.63) is 23.8 Å². The maximum atomic E-state index is 14.1. The second-order valence-electron chi connectivity index (χ2n) is 6.36. The Morgan fingerprint density at radius 1 is 1.25 bits per heavy atom. The third-order valence-electron chi connectivity index (χ3n) is 2.84. The number of nitrogens with one attached hydrogen (secondary N) is 1.